The number of ether oxygens (including phenoxy) is 1. The summed E-state index contributed by atoms with van der Waals surface area (Å²) in [6.45, 7) is 2.01. The Hall–Kier alpha value is -2.96. The van der Waals surface area contributed by atoms with E-state index < -0.39 is 5.97 Å². The van der Waals surface area contributed by atoms with Crippen molar-refractivity contribution in [2.75, 3.05) is 6.61 Å². The van der Waals surface area contributed by atoms with E-state index in [4.69, 9.17) is 4.74 Å². The van der Waals surface area contributed by atoms with Crippen LogP contribution in [0.4, 0.5) is 0 Å². The lowest BCUT2D eigenvalue weighted by molar-refractivity contribution is -0.125. The third kappa shape index (κ3) is 5.28. The van der Waals surface area contributed by atoms with Crippen LogP contribution >= 0.6 is 0 Å². The maximum Gasteiger partial charge on any atom is 0.359 e. The van der Waals surface area contributed by atoms with Gasteiger partial charge in [-0.2, -0.15) is 5.10 Å². The van der Waals surface area contributed by atoms with Crippen molar-refractivity contribution in [1.29, 1.82) is 0 Å². The van der Waals surface area contributed by atoms with E-state index in [1.165, 1.54) is 23.2 Å². The highest BCUT2D eigenvalue weighted by atomic mass is 16.5. The molecule has 1 aliphatic rings. The zero-order chi connectivity index (χ0) is 19.9. The molecule has 7 nitrogen and oxygen atoms in total. The van der Waals surface area contributed by atoms with Crippen LogP contribution in [0.15, 0.2) is 47.3 Å². The molecular formula is C21H25N3O4. The van der Waals surface area contributed by atoms with Crippen molar-refractivity contribution < 1.29 is 14.3 Å². The molecule has 0 spiro atoms. The van der Waals surface area contributed by atoms with Crippen molar-refractivity contribution in [3.63, 3.8) is 0 Å². The van der Waals surface area contributed by atoms with Crippen LogP contribution in [0, 0.1) is 5.92 Å². The Bertz CT molecular complexity index is 879. The van der Waals surface area contributed by atoms with Crippen LogP contribution in [0.2, 0.25) is 0 Å². The molecule has 1 aromatic carbocycles. The normalized spacial score (nSPS) is 19.0. The minimum atomic E-state index is -0.728. The molecule has 7 heteroatoms. The number of hydrogen-bond acceptors (Lipinski definition) is 5. The van der Waals surface area contributed by atoms with E-state index in [9.17, 15) is 14.4 Å². The van der Waals surface area contributed by atoms with E-state index in [1.54, 1.807) is 0 Å². The van der Waals surface area contributed by atoms with Gasteiger partial charge in [0.1, 0.15) is 0 Å². The lowest BCUT2D eigenvalue weighted by Gasteiger charge is -2.29. The summed E-state index contributed by atoms with van der Waals surface area (Å²) < 4.78 is 6.29. The molecule has 3 rings (SSSR count). The summed E-state index contributed by atoms with van der Waals surface area (Å²) in [5.41, 5.74) is 0.572. The van der Waals surface area contributed by atoms with Crippen molar-refractivity contribution in [3.05, 3.63) is 64.1 Å². The van der Waals surface area contributed by atoms with Crippen LogP contribution in [-0.2, 0) is 16.1 Å². The average molecular weight is 383 g/mol. The summed E-state index contributed by atoms with van der Waals surface area (Å²) >= 11 is 0. The molecule has 1 saturated carbocycles. The SMILES string of the molecule is C[C@@H]1CCCC[C@@H]1NC(=O)COC(=O)c1ccc(=O)n(Cc2ccccc2)n1. The Morgan fingerprint density at radius 1 is 1.14 bits per heavy atom. The lowest BCUT2D eigenvalue weighted by Crippen LogP contribution is -2.43. The van der Waals surface area contributed by atoms with Gasteiger partial charge in [-0.25, -0.2) is 9.48 Å². The maximum atomic E-state index is 12.2. The van der Waals surface area contributed by atoms with Crippen LogP contribution in [0.3, 0.4) is 0 Å². The van der Waals surface area contributed by atoms with Crippen LogP contribution < -0.4 is 10.9 Å². The van der Waals surface area contributed by atoms with Crippen LogP contribution in [0.1, 0.15) is 48.7 Å². The number of aromatic nitrogens is 2. The number of benzene rings is 1. The highest BCUT2D eigenvalue weighted by Crippen LogP contribution is 2.23. The number of nitrogens with zero attached hydrogens (tertiary/aromatic N) is 2. The Morgan fingerprint density at radius 2 is 1.89 bits per heavy atom. The molecule has 2 atom stereocenters. The van der Waals surface area contributed by atoms with Gasteiger partial charge in [0.25, 0.3) is 11.5 Å². The average Bonchev–Trinajstić information content (AvgIpc) is 2.70. The molecule has 148 valence electrons. The van der Waals surface area contributed by atoms with Gasteiger partial charge in [-0.15, -0.1) is 0 Å². The fraction of sp³-hybridized carbons (Fsp3) is 0.429. The second-order valence-corrected chi connectivity index (χ2v) is 7.21. The zero-order valence-corrected chi connectivity index (χ0v) is 16.0. The number of carbonyl (C=O) groups excluding carboxylic acids is 2. The second kappa shape index (κ2) is 9.30. The highest BCUT2D eigenvalue weighted by molar-refractivity contribution is 5.89. The first-order chi connectivity index (χ1) is 13.5. The molecule has 0 saturated heterocycles. The number of nitrogens with one attached hydrogen (secondary N) is 1. The Kier molecular flexibility index (Phi) is 6.57. The van der Waals surface area contributed by atoms with Crippen molar-refractivity contribution in [1.82, 2.24) is 15.1 Å². The minimum absolute atomic E-state index is 0.00522. The number of carbonyl (C=O) groups is 2. The first kappa shape index (κ1) is 19.8. The van der Waals surface area contributed by atoms with Crippen molar-refractivity contribution >= 4 is 11.9 Å². The fourth-order valence-corrected chi connectivity index (χ4v) is 3.41. The summed E-state index contributed by atoms with van der Waals surface area (Å²) in [7, 11) is 0. The minimum Gasteiger partial charge on any atom is -0.451 e. The predicted molar refractivity (Wildman–Crippen MR) is 104 cm³/mol. The quantitative estimate of drug-likeness (QED) is 0.772. The van der Waals surface area contributed by atoms with Gasteiger partial charge in [0.05, 0.1) is 6.54 Å². The molecule has 28 heavy (non-hydrogen) atoms. The summed E-state index contributed by atoms with van der Waals surface area (Å²) in [5, 5.41) is 7.01. The molecule has 1 aromatic heterocycles. The van der Waals surface area contributed by atoms with Crippen LogP contribution in [0.5, 0.6) is 0 Å². The van der Waals surface area contributed by atoms with E-state index in [2.05, 4.69) is 17.3 Å². The van der Waals surface area contributed by atoms with E-state index in [1.807, 2.05) is 30.3 Å². The maximum absolute atomic E-state index is 12.2. The molecule has 1 heterocycles. The zero-order valence-electron chi connectivity index (χ0n) is 16.0. The predicted octanol–water partition coefficient (Wildman–Crippen LogP) is 2.14. The molecule has 1 N–H and O–H groups in total. The smallest absolute Gasteiger partial charge is 0.359 e. The summed E-state index contributed by atoms with van der Waals surface area (Å²) in [4.78, 5) is 36.3. The lowest BCUT2D eigenvalue weighted by atomic mass is 9.86. The number of hydrogen-bond donors (Lipinski definition) is 1. The van der Waals surface area contributed by atoms with Gasteiger partial charge < -0.3 is 10.1 Å². The van der Waals surface area contributed by atoms with Gasteiger partial charge in [-0.3, -0.25) is 9.59 Å². The molecule has 0 bridgehead atoms. The van der Waals surface area contributed by atoms with E-state index in [0.717, 1.165) is 24.8 Å². The summed E-state index contributed by atoms with van der Waals surface area (Å²) in [6.07, 6.45) is 4.33. The second-order valence-electron chi connectivity index (χ2n) is 7.21. The van der Waals surface area contributed by atoms with Crippen molar-refractivity contribution in [3.8, 4) is 0 Å². The van der Waals surface area contributed by atoms with Crippen LogP contribution in [-0.4, -0.2) is 34.3 Å². The number of rotatable bonds is 6. The fourth-order valence-electron chi connectivity index (χ4n) is 3.41. The first-order valence-corrected chi connectivity index (χ1v) is 9.61. The largest absolute Gasteiger partial charge is 0.451 e. The monoisotopic (exact) mass is 383 g/mol. The van der Waals surface area contributed by atoms with Gasteiger partial charge in [0.15, 0.2) is 12.3 Å². The van der Waals surface area contributed by atoms with E-state index >= 15 is 0 Å². The topological polar surface area (TPSA) is 90.3 Å². The first-order valence-electron chi connectivity index (χ1n) is 9.61. The summed E-state index contributed by atoms with van der Waals surface area (Å²) in [6, 6.07) is 12.1. The van der Waals surface area contributed by atoms with Crippen LogP contribution in [0.25, 0.3) is 0 Å². The van der Waals surface area contributed by atoms with Gasteiger partial charge in [0, 0.05) is 12.1 Å². The molecule has 1 fully saturated rings. The Labute approximate surface area is 163 Å². The molecule has 1 aliphatic carbocycles. The van der Waals surface area contributed by atoms with Gasteiger partial charge in [-0.1, -0.05) is 50.1 Å². The van der Waals surface area contributed by atoms with E-state index in [-0.39, 0.29) is 36.4 Å². The Balaban J connectivity index is 1.57. The van der Waals surface area contributed by atoms with Crippen molar-refractivity contribution in [2.24, 2.45) is 5.92 Å². The summed E-state index contributed by atoms with van der Waals surface area (Å²) in [5.74, 6) is -0.616. The van der Waals surface area contributed by atoms with Gasteiger partial charge in [0.2, 0.25) is 0 Å². The van der Waals surface area contributed by atoms with E-state index in [0.29, 0.717) is 5.92 Å². The molecule has 0 radical (unpaired) electrons. The molecule has 2 aromatic rings. The van der Waals surface area contributed by atoms with Gasteiger partial charge >= 0.3 is 5.97 Å². The molecule has 1 amide bonds. The highest BCUT2D eigenvalue weighted by Gasteiger charge is 2.23. The van der Waals surface area contributed by atoms with Crippen molar-refractivity contribution in [2.45, 2.75) is 45.2 Å². The Morgan fingerprint density at radius 3 is 2.64 bits per heavy atom. The number of amides is 1. The molecule has 0 aliphatic heterocycles. The standard InChI is InChI=1S/C21H25N3O4/c1-15-7-5-6-10-17(15)22-19(25)14-28-21(27)18-11-12-20(26)24(23-18)13-16-8-3-2-4-9-16/h2-4,8-9,11-12,15,17H,5-7,10,13-14H2,1H3,(H,22,25)/t15-,17+/m1/s1. The van der Waals surface area contributed by atoms with Gasteiger partial charge in [-0.05, 0) is 30.4 Å². The number of esters is 1. The third-order valence-corrected chi connectivity index (χ3v) is 5.04. The molecular weight excluding hydrogens is 358 g/mol. The third-order valence-electron chi connectivity index (χ3n) is 5.04. The molecule has 0 unspecified atom stereocenters.